The van der Waals surface area contributed by atoms with Gasteiger partial charge in [-0.3, -0.25) is 9.48 Å². The predicted molar refractivity (Wildman–Crippen MR) is 71.0 cm³/mol. The molecule has 2 aliphatic heterocycles. The first-order valence-electron chi connectivity index (χ1n) is 6.96. The Morgan fingerprint density at radius 3 is 2.47 bits per heavy atom. The number of amides is 1. The molecule has 2 aliphatic rings. The fraction of sp³-hybridized carbons (Fsp3) is 0.714. The zero-order valence-corrected chi connectivity index (χ0v) is 11.8. The molecule has 0 radical (unpaired) electrons. The standard InChI is InChI=1S/C14H21N3O2/c1-9-6-13(15-16(9)2)14(18)17-10-4-5-11(17)8-12(7-10)19-3/h6,10-12H,4-5,7-8H2,1-3H3/t10-,11+,12?. The van der Waals surface area contributed by atoms with Crippen molar-refractivity contribution in [3.05, 3.63) is 17.5 Å². The minimum Gasteiger partial charge on any atom is -0.381 e. The van der Waals surface area contributed by atoms with E-state index in [-0.39, 0.29) is 5.91 Å². The minimum absolute atomic E-state index is 0.0887. The van der Waals surface area contributed by atoms with Crippen molar-refractivity contribution in [1.82, 2.24) is 14.7 Å². The van der Waals surface area contributed by atoms with Gasteiger partial charge in [0.1, 0.15) is 0 Å². The van der Waals surface area contributed by atoms with Crippen LogP contribution in [0.1, 0.15) is 41.9 Å². The van der Waals surface area contributed by atoms with E-state index in [2.05, 4.69) is 10.00 Å². The van der Waals surface area contributed by atoms with Crippen molar-refractivity contribution in [2.24, 2.45) is 7.05 Å². The van der Waals surface area contributed by atoms with Crippen molar-refractivity contribution in [3.8, 4) is 0 Å². The summed E-state index contributed by atoms with van der Waals surface area (Å²) in [6, 6.07) is 2.54. The maximum absolute atomic E-state index is 12.6. The highest BCUT2D eigenvalue weighted by molar-refractivity contribution is 5.93. The van der Waals surface area contributed by atoms with E-state index in [1.54, 1.807) is 11.8 Å². The van der Waals surface area contributed by atoms with E-state index in [4.69, 9.17) is 4.74 Å². The van der Waals surface area contributed by atoms with E-state index in [0.29, 0.717) is 23.9 Å². The maximum Gasteiger partial charge on any atom is 0.274 e. The number of rotatable bonds is 2. The second-order valence-electron chi connectivity index (χ2n) is 5.72. The molecular weight excluding hydrogens is 242 g/mol. The van der Waals surface area contributed by atoms with Crippen LogP contribution < -0.4 is 0 Å². The molecule has 0 saturated carbocycles. The molecule has 5 heteroatoms. The Balaban J connectivity index is 1.81. The molecule has 0 spiro atoms. The van der Waals surface area contributed by atoms with Gasteiger partial charge in [-0.25, -0.2) is 0 Å². The molecular formula is C14H21N3O2. The molecule has 2 fully saturated rings. The highest BCUT2D eigenvalue weighted by Crippen LogP contribution is 2.37. The third-order valence-electron chi connectivity index (χ3n) is 4.59. The molecule has 3 rings (SSSR count). The Labute approximate surface area is 113 Å². The number of piperidine rings is 1. The lowest BCUT2D eigenvalue weighted by atomic mass is 9.99. The molecule has 2 bridgehead atoms. The van der Waals surface area contributed by atoms with Crippen molar-refractivity contribution >= 4 is 5.91 Å². The van der Waals surface area contributed by atoms with Gasteiger partial charge < -0.3 is 9.64 Å². The van der Waals surface area contributed by atoms with Crippen LogP contribution in [0.25, 0.3) is 0 Å². The minimum atomic E-state index is 0.0887. The number of fused-ring (bicyclic) bond motifs is 2. The first-order valence-corrected chi connectivity index (χ1v) is 6.96. The first-order chi connectivity index (χ1) is 9.10. The van der Waals surface area contributed by atoms with Gasteiger partial charge in [0.25, 0.3) is 5.91 Å². The van der Waals surface area contributed by atoms with Gasteiger partial charge in [-0.1, -0.05) is 0 Å². The molecule has 3 heterocycles. The van der Waals surface area contributed by atoms with Crippen LogP contribution in [0.15, 0.2) is 6.07 Å². The second kappa shape index (κ2) is 4.63. The predicted octanol–water partition coefficient (Wildman–Crippen LogP) is 1.51. The summed E-state index contributed by atoms with van der Waals surface area (Å²) in [7, 11) is 3.64. The highest BCUT2D eigenvalue weighted by Gasteiger charge is 2.44. The highest BCUT2D eigenvalue weighted by atomic mass is 16.5. The summed E-state index contributed by atoms with van der Waals surface area (Å²) in [6.45, 7) is 1.97. The van der Waals surface area contributed by atoms with Gasteiger partial charge in [-0.05, 0) is 38.7 Å². The van der Waals surface area contributed by atoms with Gasteiger partial charge in [-0.2, -0.15) is 5.10 Å². The van der Waals surface area contributed by atoms with Crippen molar-refractivity contribution in [2.45, 2.75) is 50.8 Å². The van der Waals surface area contributed by atoms with E-state index < -0.39 is 0 Å². The van der Waals surface area contributed by atoms with Gasteiger partial charge in [0, 0.05) is 31.9 Å². The summed E-state index contributed by atoms with van der Waals surface area (Å²) >= 11 is 0. The number of carbonyl (C=O) groups is 1. The van der Waals surface area contributed by atoms with Crippen LogP contribution in [0, 0.1) is 6.92 Å². The van der Waals surface area contributed by atoms with Gasteiger partial charge in [0.2, 0.25) is 0 Å². The Kier molecular flexibility index (Phi) is 3.09. The molecule has 19 heavy (non-hydrogen) atoms. The molecule has 5 nitrogen and oxygen atoms in total. The van der Waals surface area contributed by atoms with E-state index in [1.807, 2.05) is 20.0 Å². The third kappa shape index (κ3) is 2.06. The Morgan fingerprint density at radius 2 is 2.00 bits per heavy atom. The molecule has 1 aromatic heterocycles. The van der Waals surface area contributed by atoms with Crippen LogP contribution in [-0.2, 0) is 11.8 Å². The average Bonchev–Trinajstić information content (AvgIpc) is 2.86. The zero-order valence-electron chi connectivity index (χ0n) is 11.8. The van der Waals surface area contributed by atoms with Crippen LogP contribution in [0.4, 0.5) is 0 Å². The lowest BCUT2D eigenvalue weighted by molar-refractivity contribution is 0.00790. The Bertz CT molecular complexity index is 463. The topological polar surface area (TPSA) is 47.4 Å². The summed E-state index contributed by atoms with van der Waals surface area (Å²) in [6.07, 6.45) is 4.44. The van der Waals surface area contributed by atoms with Crippen LogP contribution in [0.2, 0.25) is 0 Å². The average molecular weight is 263 g/mol. The molecule has 1 aromatic rings. The van der Waals surface area contributed by atoms with E-state index >= 15 is 0 Å². The quantitative estimate of drug-likeness (QED) is 0.812. The Morgan fingerprint density at radius 1 is 1.37 bits per heavy atom. The van der Waals surface area contributed by atoms with Crippen LogP contribution in [-0.4, -0.2) is 45.9 Å². The summed E-state index contributed by atoms with van der Waals surface area (Å²) in [5.74, 6) is 0.0887. The second-order valence-corrected chi connectivity index (χ2v) is 5.72. The lowest BCUT2D eigenvalue weighted by Gasteiger charge is -2.38. The first kappa shape index (κ1) is 12.7. The number of methoxy groups -OCH3 is 1. The lowest BCUT2D eigenvalue weighted by Crippen LogP contribution is -2.48. The monoisotopic (exact) mass is 263 g/mol. The number of carbonyl (C=O) groups excluding carboxylic acids is 1. The summed E-state index contributed by atoms with van der Waals surface area (Å²) in [5, 5.41) is 4.32. The molecule has 2 saturated heterocycles. The van der Waals surface area contributed by atoms with E-state index in [0.717, 1.165) is 31.4 Å². The molecule has 1 amide bonds. The van der Waals surface area contributed by atoms with Crippen LogP contribution >= 0.6 is 0 Å². The van der Waals surface area contributed by atoms with Crippen LogP contribution in [0.3, 0.4) is 0 Å². The fourth-order valence-electron chi connectivity index (χ4n) is 3.45. The summed E-state index contributed by atoms with van der Waals surface area (Å²) in [4.78, 5) is 14.7. The summed E-state index contributed by atoms with van der Waals surface area (Å²) < 4.78 is 7.23. The smallest absolute Gasteiger partial charge is 0.274 e. The van der Waals surface area contributed by atoms with Gasteiger partial charge in [0.05, 0.1) is 6.10 Å². The number of hydrogen-bond donors (Lipinski definition) is 0. The zero-order chi connectivity index (χ0) is 13.6. The van der Waals surface area contributed by atoms with Crippen molar-refractivity contribution in [2.75, 3.05) is 7.11 Å². The Hall–Kier alpha value is -1.36. The number of hydrogen-bond acceptors (Lipinski definition) is 3. The number of aromatic nitrogens is 2. The molecule has 3 atom stereocenters. The summed E-state index contributed by atoms with van der Waals surface area (Å²) in [5.41, 5.74) is 1.59. The van der Waals surface area contributed by atoms with Gasteiger partial charge in [0.15, 0.2) is 5.69 Å². The molecule has 104 valence electrons. The largest absolute Gasteiger partial charge is 0.381 e. The molecule has 1 unspecified atom stereocenters. The van der Waals surface area contributed by atoms with E-state index in [1.165, 1.54) is 0 Å². The maximum atomic E-state index is 12.6. The number of nitrogens with zero attached hydrogens (tertiary/aromatic N) is 3. The SMILES string of the molecule is COC1C[C@H]2CC[C@@H](C1)N2C(=O)c1cc(C)n(C)n1. The number of aryl methyl sites for hydroxylation is 2. The van der Waals surface area contributed by atoms with E-state index in [9.17, 15) is 4.79 Å². The molecule has 0 aromatic carbocycles. The van der Waals surface area contributed by atoms with Gasteiger partial charge >= 0.3 is 0 Å². The molecule has 0 aliphatic carbocycles. The normalized spacial score (nSPS) is 29.8. The van der Waals surface area contributed by atoms with Crippen molar-refractivity contribution in [1.29, 1.82) is 0 Å². The molecule has 0 N–H and O–H groups in total. The number of ether oxygens (including phenoxy) is 1. The van der Waals surface area contributed by atoms with Crippen molar-refractivity contribution < 1.29 is 9.53 Å². The third-order valence-corrected chi connectivity index (χ3v) is 4.59. The van der Waals surface area contributed by atoms with Crippen LogP contribution in [0.5, 0.6) is 0 Å². The van der Waals surface area contributed by atoms with Gasteiger partial charge in [-0.15, -0.1) is 0 Å². The fourth-order valence-corrected chi connectivity index (χ4v) is 3.45. The van der Waals surface area contributed by atoms with Crippen molar-refractivity contribution in [3.63, 3.8) is 0 Å².